The van der Waals surface area contributed by atoms with Gasteiger partial charge in [0.2, 0.25) is 5.91 Å². The number of amides is 1. The second-order valence-electron chi connectivity index (χ2n) is 5.13. The number of nitro benzene ring substituents is 1. The van der Waals surface area contributed by atoms with Crippen LogP contribution in [0.5, 0.6) is 0 Å². The van der Waals surface area contributed by atoms with Gasteiger partial charge in [0.05, 0.1) is 10.3 Å². The van der Waals surface area contributed by atoms with Gasteiger partial charge in [-0.15, -0.1) is 0 Å². The lowest BCUT2D eigenvalue weighted by molar-refractivity contribution is -0.384. The SMILES string of the molecule is CN(C(=O)C1(C)CCNC1)c1ccc([N+](=O)[O-])cc1. The summed E-state index contributed by atoms with van der Waals surface area (Å²) in [5.41, 5.74) is 0.304. The van der Waals surface area contributed by atoms with E-state index in [1.165, 1.54) is 12.1 Å². The molecule has 0 radical (unpaired) electrons. The lowest BCUT2D eigenvalue weighted by atomic mass is 9.88. The van der Waals surface area contributed by atoms with E-state index in [-0.39, 0.29) is 11.6 Å². The van der Waals surface area contributed by atoms with Crippen molar-refractivity contribution >= 4 is 17.3 Å². The number of carbonyl (C=O) groups is 1. The summed E-state index contributed by atoms with van der Waals surface area (Å²) in [5.74, 6) is 0.0337. The van der Waals surface area contributed by atoms with Gasteiger partial charge < -0.3 is 10.2 Å². The number of hydrogen-bond acceptors (Lipinski definition) is 4. The Morgan fingerprint density at radius 2 is 2.05 bits per heavy atom. The smallest absolute Gasteiger partial charge is 0.269 e. The van der Waals surface area contributed by atoms with Crippen LogP contribution < -0.4 is 10.2 Å². The van der Waals surface area contributed by atoms with Crippen LogP contribution >= 0.6 is 0 Å². The Balaban J connectivity index is 2.17. The number of non-ortho nitro benzene ring substituents is 1. The van der Waals surface area contributed by atoms with Crippen molar-refractivity contribution in [2.75, 3.05) is 25.0 Å². The molecule has 6 heteroatoms. The van der Waals surface area contributed by atoms with Crippen LogP contribution in [0.2, 0.25) is 0 Å². The Morgan fingerprint density at radius 1 is 1.42 bits per heavy atom. The van der Waals surface area contributed by atoms with E-state index < -0.39 is 10.3 Å². The minimum atomic E-state index is -0.451. The van der Waals surface area contributed by atoms with Crippen molar-refractivity contribution in [3.8, 4) is 0 Å². The highest BCUT2D eigenvalue weighted by Gasteiger charge is 2.38. The van der Waals surface area contributed by atoms with Crippen molar-refractivity contribution in [2.45, 2.75) is 13.3 Å². The molecule has 1 N–H and O–H groups in total. The van der Waals surface area contributed by atoms with Crippen molar-refractivity contribution in [1.29, 1.82) is 0 Å². The van der Waals surface area contributed by atoms with Gasteiger partial charge in [-0.3, -0.25) is 14.9 Å². The second kappa shape index (κ2) is 4.97. The molecule has 1 aromatic rings. The molecule has 2 rings (SSSR count). The molecule has 102 valence electrons. The average molecular weight is 263 g/mol. The van der Waals surface area contributed by atoms with Crippen LogP contribution in [0, 0.1) is 15.5 Å². The monoisotopic (exact) mass is 263 g/mol. The van der Waals surface area contributed by atoms with Crippen molar-refractivity contribution < 1.29 is 9.72 Å². The van der Waals surface area contributed by atoms with Gasteiger partial charge in [0.25, 0.3) is 5.69 Å². The minimum Gasteiger partial charge on any atom is -0.316 e. The third kappa shape index (κ3) is 2.58. The molecule has 1 aliphatic rings. The third-order valence-electron chi connectivity index (χ3n) is 3.64. The molecule has 1 aromatic carbocycles. The van der Waals surface area contributed by atoms with Gasteiger partial charge in [-0.1, -0.05) is 0 Å². The summed E-state index contributed by atoms with van der Waals surface area (Å²) in [6.07, 6.45) is 0.809. The van der Waals surface area contributed by atoms with Gasteiger partial charge in [-0.05, 0) is 32.0 Å². The second-order valence-corrected chi connectivity index (χ2v) is 5.13. The Kier molecular flexibility index (Phi) is 3.53. The largest absolute Gasteiger partial charge is 0.316 e. The molecule has 0 bridgehead atoms. The summed E-state index contributed by atoms with van der Waals surface area (Å²) in [5, 5.41) is 13.8. The normalized spacial score (nSPS) is 22.2. The zero-order valence-electron chi connectivity index (χ0n) is 11.0. The fourth-order valence-electron chi connectivity index (χ4n) is 2.32. The van der Waals surface area contributed by atoms with Crippen molar-refractivity contribution in [2.24, 2.45) is 5.41 Å². The highest BCUT2D eigenvalue weighted by Crippen LogP contribution is 2.29. The first-order valence-corrected chi connectivity index (χ1v) is 6.17. The predicted molar refractivity (Wildman–Crippen MR) is 72.1 cm³/mol. The van der Waals surface area contributed by atoms with E-state index in [0.717, 1.165) is 13.0 Å². The molecule has 1 fully saturated rings. The van der Waals surface area contributed by atoms with E-state index in [4.69, 9.17) is 0 Å². The number of benzene rings is 1. The number of anilines is 1. The summed E-state index contributed by atoms with van der Waals surface area (Å²) < 4.78 is 0. The van der Waals surface area contributed by atoms with Crippen molar-refractivity contribution in [1.82, 2.24) is 5.32 Å². The molecule has 1 heterocycles. The number of carbonyl (C=O) groups excluding carboxylic acids is 1. The minimum absolute atomic E-state index is 0.0262. The number of hydrogen-bond donors (Lipinski definition) is 1. The van der Waals surface area contributed by atoms with Crippen LogP contribution in [0.1, 0.15) is 13.3 Å². The van der Waals surface area contributed by atoms with E-state index in [9.17, 15) is 14.9 Å². The molecule has 6 nitrogen and oxygen atoms in total. The summed E-state index contributed by atoms with van der Waals surface area (Å²) in [7, 11) is 1.70. The van der Waals surface area contributed by atoms with Crippen LogP contribution in [0.25, 0.3) is 0 Å². The summed E-state index contributed by atoms with van der Waals surface area (Å²) >= 11 is 0. The lowest BCUT2D eigenvalue weighted by Gasteiger charge is -2.28. The van der Waals surface area contributed by atoms with E-state index in [1.807, 2.05) is 6.92 Å². The molecule has 0 spiro atoms. The van der Waals surface area contributed by atoms with Gasteiger partial charge >= 0.3 is 0 Å². The zero-order chi connectivity index (χ0) is 14.0. The van der Waals surface area contributed by atoms with Crippen molar-refractivity contribution in [3.63, 3.8) is 0 Å². The average Bonchev–Trinajstić information content (AvgIpc) is 2.85. The highest BCUT2D eigenvalue weighted by molar-refractivity contribution is 5.97. The standard InChI is InChI=1S/C13H17N3O3/c1-13(7-8-14-9-13)12(17)15(2)10-3-5-11(6-4-10)16(18)19/h3-6,14H,7-9H2,1-2H3. The van der Waals surface area contributed by atoms with Crippen LogP contribution in [0.15, 0.2) is 24.3 Å². The Morgan fingerprint density at radius 3 is 2.53 bits per heavy atom. The maximum atomic E-state index is 12.4. The van der Waals surface area contributed by atoms with Gasteiger partial charge in [-0.2, -0.15) is 0 Å². The molecular weight excluding hydrogens is 246 g/mol. The number of rotatable bonds is 3. The van der Waals surface area contributed by atoms with E-state index in [0.29, 0.717) is 12.2 Å². The van der Waals surface area contributed by atoms with Gasteiger partial charge in [0.15, 0.2) is 0 Å². The lowest BCUT2D eigenvalue weighted by Crippen LogP contribution is -2.41. The molecule has 1 amide bonds. The van der Waals surface area contributed by atoms with E-state index in [1.54, 1.807) is 24.1 Å². The fourth-order valence-corrected chi connectivity index (χ4v) is 2.32. The van der Waals surface area contributed by atoms with Crippen LogP contribution in [0.3, 0.4) is 0 Å². The molecule has 1 aliphatic heterocycles. The number of nitrogens with zero attached hydrogens (tertiary/aromatic N) is 2. The van der Waals surface area contributed by atoms with Gasteiger partial charge in [0, 0.05) is 31.4 Å². The van der Waals surface area contributed by atoms with Gasteiger partial charge in [-0.25, -0.2) is 0 Å². The first-order valence-electron chi connectivity index (χ1n) is 6.17. The zero-order valence-corrected chi connectivity index (χ0v) is 11.0. The first kappa shape index (κ1) is 13.5. The summed E-state index contributed by atoms with van der Waals surface area (Å²) in [4.78, 5) is 24.1. The number of nitrogens with one attached hydrogen (secondary N) is 1. The van der Waals surface area contributed by atoms with E-state index in [2.05, 4.69) is 5.32 Å². The maximum absolute atomic E-state index is 12.4. The summed E-state index contributed by atoms with van der Waals surface area (Å²) in [6.45, 7) is 3.46. The Labute approximate surface area is 111 Å². The molecule has 19 heavy (non-hydrogen) atoms. The fraction of sp³-hybridized carbons (Fsp3) is 0.462. The van der Waals surface area contributed by atoms with E-state index >= 15 is 0 Å². The quantitative estimate of drug-likeness (QED) is 0.663. The molecule has 0 aliphatic carbocycles. The maximum Gasteiger partial charge on any atom is 0.269 e. The first-order chi connectivity index (χ1) is 8.94. The molecule has 0 saturated carbocycles. The molecular formula is C13H17N3O3. The van der Waals surface area contributed by atoms with Crippen LogP contribution in [-0.2, 0) is 4.79 Å². The highest BCUT2D eigenvalue weighted by atomic mass is 16.6. The topological polar surface area (TPSA) is 75.5 Å². The third-order valence-corrected chi connectivity index (χ3v) is 3.64. The van der Waals surface area contributed by atoms with Crippen molar-refractivity contribution in [3.05, 3.63) is 34.4 Å². The molecule has 1 saturated heterocycles. The summed E-state index contributed by atoms with van der Waals surface area (Å²) in [6, 6.07) is 6.02. The number of nitro groups is 1. The molecule has 0 aromatic heterocycles. The molecule has 1 unspecified atom stereocenters. The Hall–Kier alpha value is -1.95. The van der Waals surface area contributed by atoms with Crippen LogP contribution in [-0.4, -0.2) is 31.0 Å². The Bertz CT molecular complexity index is 492. The molecule has 1 atom stereocenters. The predicted octanol–water partition coefficient (Wildman–Crippen LogP) is 1.56. The van der Waals surface area contributed by atoms with Crippen LogP contribution in [0.4, 0.5) is 11.4 Å². The van der Waals surface area contributed by atoms with Gasteiger partial charge in [0.1, 0.15) is 0 Å².